The monoisotopic (exact) mass is 360 g/mol. The molecule has 1 atom stereocenters. The van der Waals surface area contributed by atoms with Crippen LogP contribution in [0.5, 0.6) is 0 Å². The number of carbonyl (C=O) groups excluding carboxylic acids is 1. The maximum atomic E-state index is 12.6. The smallest absolute Gasteiger partial charge is 0.185 e. The molecule has 3 heterocycles. The molecule has 136 valence electrons. The number of aryl methyl sites for hydroxylation is 1. The minimum Gasteiger partial charge on any atom is -0.321 e. The Morgan fingerprint density at radius 3 is 2.93 bits per heavy atom. The first-order valence-corrected chi connectivity index (χ1v) is 8.85. The molecule has 4 aromatic rings. The summed E-state index contributed by atoms with van der Waals surface area (Å²) in [4.78, 5) is 17.0. The largest absolute Gasteiger partial charge is 0.321 e. The normalized spacial score (nSPS) is 12.4. The van der Waals surface area contributed by atoms with Crippen molar-refractivity contribution in [2.45, 2.75) is 25.7 Å². The van der Waals surface area contributed by atoms with Crippen LogP contribution in [0.2, 0.25) is 0 Å². The van der Waals surface area contributed by atoms with Gasteiger partial charge in [0.05, 0.1) is 6.20 Å². The van der Waals surface area contributed by atoms with Crippen LogP contribution in [0.15, 0.2) is 55.1 Å². The Bertz CT molecular complexity index is 1100. The van der Waals surface area contributed by atoms with Crippen LogP contribution in [-0.2, 0) is 19.9 Å². The molecule has 0 unspecified atom stereocenters. The molecule has 0 aliphatic heterocycles. The van der Waals surface area contributed by atoms with E-state index in [1.807, 2.05) is 23.7 Å². The van der Waals surface area contributed by atoms with Gasteiger partial charge in [0, 0.05) is 32.2 Å². The number of fused-ring (bicyclic) bond motifs is 1. The van der Waals surface area contributed by atoms with Crippen molar-refractivity contribution in [3.05, 3.63) is 77.8 Å². The Kier molecular flexibility index (Phi) is 4.50. The van der Waals surface area contributed by atoms with Gasteiger partial charge in [-0.15, -0.1) is 10.2 Å². The third kappa shape index (κ3) is 3.62. The summed E-state index contributed by atoms with van der Waals surface area (Å²) in [7, 11) is 1.95. The standard InChI is InChI=1S/C20H20N6O/c1-14(10-20-24-21-13-25(20)2)16-5-3-4-15(11-16)12-18(27)17-7-9-26-19(23-17)6-8-22-26/h3-9,11,13-14H,10,12H2,1-2H3/t14-/m1/s1. The molecule has 7 heteroatoms. The summed E-state index contributed by atoms with van der Waals surface area (Å²) in [5, 5.41) is 12.2. The molecule has 0 spiro atoms. The van der Waals surface area contributed by atoms with E-state index in [0.717, 1.165) is 17.8 Å². The van der Waals surface area contributed by atoms with Gasteiger partial charge in [0.2, 0.25) is 0 Å². The van der Waals surface area contributed by atoms with E-state index < -0.39 is 0 Å². The van der Waals surface area contributed by atoms with E-state index in [-0.39, 0.29) is 11.7 Å². The maximum absolute atomic E-state index is 12.6. The quantitative estimate of drug-likeness (QED) is 0.494. The molecule has 3 aromatic heterocycles. The Balaban J connectivity index is 1.50. The summed E-state index contributed by atoms with van der Waals surface area (Å²) in [5.74, 6) is 1.23. The number of benzene rings is 1. The van der Waals surface area contributed by atoms with Crippen molar-refractivity contribution in [3.8, 4) is 0 Å². The second kappa shape index (κ2) is 7.11. The number of hydrogen-bond acceptors (Lipinski definition) is 5. The van der Waals surface area contributed by atoms with E-state index >= 15 is 0 Å². The van der Waals surface area contributed by atoms with Gasteiger partial charge in [0.15, 0.2) is 11.4 Å². The highest BCUT2D eigenvalue weighted by Crippen LogP contribution is 2.21. The van der Waals surface area contributed by atoms with E-state index in [0.29, 0.717) is 17.8 Å². The summed E-state index contributed by atoms with van der Waals surface area (Å²) in [6.07, 6.45) is 6.25. The predicted octanol–water partition coefficient (Wildman–Crippen LogP) is 2.63. The number of carbonyl (C=O) groups is 1. The fraction of sp³-hybridized carbons (Fsp3) is 0.250. The third-order valence-electron chi connectivity index (χ3n) is 4.72. The average Bonchev–Trinajstić information content (AvgIpc) is 3.30. The van der Waals surface area contributed by atoms with E-state index in [9.17, 15) is 4.79 Å². The Morgan fingerprint density at radius 2 is 2.11 bits per heavy atom. The molecule has 0 saturated carbocycles. The van der Waals surface area contributed by atoms with Gasteiger partial charge in [-0.05, 0) is 23.1 Å². The fourth-order valence-electron chi connectivity index (χ4n) is 3.14. The highest BCUT2D eigenvalue weighted by molar-refractivity contribution is 5.96. The van der Waals surface area contributed by atoms with Crippen LogP contribution in [0.4, 0.5) is 0 Å². The van der Waals surface area contributed by atoms with E-state index in [4.69, 9.17) is 0 Å². The van der Waals surface area contributed by atoms with Gasteiger partial charge in [-0.25, -0.2) is 9.50 Å². The second-order valence-corrected chi connectivity index (χ2v) is 6.75. The maximum Gasteiger partial charge on any atom is 0.185 e. The van der Waals surface area contributed by atoms with Gasteiger partial charge < -0.3 is 4.57 Å². The van der Waals surface area contributed by atoms with Crippen LogP contribution in [0.1, 0.15) is 40.3 Å². The zero-order chi connectivity index (χ0) is 18.8. The first kappa shape index (κ1) is 17.1. The van der Waals surface area contributed by atoms with Crippen molar-refractivity contribution in [1.29, 1.82) is 0 Å². The van der Waals surface area contributed by atoms with Crippen LogP contribution in [0.25, 0.3) is 5.65 Å². The zero-order valence-electron chi connectivity index (χ0n) is 15.3. The molecule has 0 aliphatic carbocycles. The predicted molar refractivity (Wildman–Crippen MR) is 101 cm³/mol. The molecule has 4 rings (SSSR count). The minimum absolute atomic E-state index is 0.00296. The summed E-state index contributed by atoms with van der Waals surface area (Å²) in [5.41, 5.74) is 3.30. The molecule has 0 bridgehead atoms. The van der Waals surface area contributed by atoms with E-state index in [2.05, 4.69) is 39.3 Å². The molecule has 0 N–H and O–H groups in total. The first-order valence-electron chi connectivity index (χ1n) is 8.85. The lowest BCUT2D eigenvalue weighted by Gasteiger charge is -2.12. The Morgan fingerprint density at radius 1 is 1.22 bits per heavy atom. The van der Waals surface area contributed by atoms with Crippen LogP contribution in [-0.4, -0.2) is 35.1 Å². The zero-order valence-corrected chi connectivity index (χ0v) is 15.3. The van der Waals surface area contributed by atoms with Crippen molar-refractivity contribution < 1.29 is 4.79 Å². The van der Waals surface area contributed by atoms with Gasteiger partial charge in [0.25, 0.3) is 0 Å². The molecule has 0 amide bonds. The summed E-state index contributed by atoms with van der Waals surface area (Å²) in [6.45, 7) is 2.16. The lowest BCUT2D eigenvalue weighted by molar-refractivity contribution is 0.0988. The number of Topliss-reactive ketones (excluding diaryl/α,β-unsaturated/α-hetero) is 1. The molecule has 1 aromatic carbocycles. The van der Waals surface area contributed by atoms with Crippen LogP contribution in [0, 0.1) is 0 Å². The van der Waals surface area contributed by atoms with Crippen LogP contribution >= 0.6 is 0 Å². The van der Waals surface area contributed by atoms with E-state index in [1.165, 1.54) is 5.56 Å². The van der Waals surface area contributed by atoms with Crippen molar-refractivity contribution in [2.24, 2.45) is 7.05 Å². The highest BCUT2D eigenvalue weighted by atomic mass is 16.1. The molecule has 27 heavy (non-hydrogen) atoms. The third-order valence-corrected chi connectivity index (χ3v) is 4.72. The lowest BCUT2D eigenvalue weighted by Crippen LogP contribution is -2.08. The number of hydrogen-bond donors (Lipinski definition) is 0. The van der Waals surface area contributed by atoms with Crippen molar-refractivity contribution in [3.63, 3.8) is 0 Å². The topological polar surface area (TPSA) is 78.0 Å². The molecule has 0 radical (unpaired) electrons. The summed E-state index contributed by atoms with van der Waals surface area (Å²) < 4.78 is 3.58. The van der Waals surface area contributed by atoms with Crippen LogP contribution < -0.4 is 0 Å². The Labute approximate surface area is 156 Å². The lowest BCUT2D eigenvalue weighted by atomic mass is 9.94. The second-order valence-electron chi connectivity index (χ2n) is 6.75. The van der Waals surface area contributed by atoms with Gasteiger partial charge >= 0.3 is 0 Å². The van der Waals surface area contributed by atoms with Gasteiger partial charge in [-0.1, -0.05) is 31.2 Å². The summed E-state index contributed by atoms with van der Waals surface area (Å²) in [6, 6.07) is 11.7. The number of nitrogens with zero attached hydrogens (tertiary/aromatic N) is 6. The molecule has 0 fully saturated rings. The van der Waals surface area contributed by atoms with Crippen molar-refractivity contribution in [1.82, 2.24) is 29.4 Å². The van der Waals surface area contributed by atoms with Crippen LogP contribution in [0.3, 0.4) is 0 Å². The summed E-state index contributed by atoms with van der Waals surface area (Å²) >= 11 is 0. The number of ketones is 1. The van der Waals surface area contributed by atoms with Gasteiger partial charge in [0.1, 0.15) is 17.8 Å². The van der Waals surface area contributed by atoms with Crippen molar-refractivity contribution >= 4 is 11.4 Å². The average molecular weight is 360 g/mol. The van der Waals surface area contributed by atoms with Crippen molar-refractivity contribution in [2.75, 3.05) is 0 Å². The molecule has 7 nitrogen and oxygen atoms in total. The minimum atomic E-state index is -0.00296. The first-order chi connectivity index (χ1) is 13.1. The molecule has 0 aliphatic rings. The highest BCUT2D eigenvalue weighted by Gasteiger charge is 2.14. The van der Waals surface area contributed by atoms with Gasteiger partial charge in [-0.2, -0.15) is 5.10 Å². The SMILES string of the molecule is C[C@H](Cc1nncn1C)c1cccc(CC(=O)c2ccn3nccc3n2)c1. The number of rotatable bonds is 6. The van der Waals surface area contributed by atoms with E-state index in [1.54, 1.807) is 35.4 Å². The molecular weight excluding hydrogens is 340 g/mol. The molecular formula is C20H20N6O. The fourth-order valence-corrected chi connectivity index (χ4v) is 3.14. The Hall–Kier alpha value is -3.35. The van der Waals surface area contributed by atoms with Gasteiger partial charge in [-0.3, -0.25) is 4.79 Å². The molecule has 0 saturated heterocycles. The number of aromatic nitrogens is 6.